The quantitative estimate of drug-likeness (QED) is 0.794. The normalized spacial score (nSPS) is 19.4. The molecule has 0 bridgehead atoms. The van der Waals surface area contributed by atoms with Crippen molar-refractivity contribution in [3.05, 3.63) is 30.1 Å². The third-order valence-electron chi connectivity index (χ3n) is 3.06. The van der Waals surface area contributed by atoms with Gasteiger partial charge in [0.1, 0.15) is 0 Å². The monoisotopic (exact) mass is 220 g/mol. The standard InChI is InChI=1S/C13H20N2O/c1-2-16-13(11-5-6-11)12(14)8-10-4-3-7-15-9-10/h3-4,7,9,11-13H,2,5-6,8,14H2,1H3. The fraction of sp³-hybridized carbons (Fsp3) is 0.615. The van der Waals surface area contributed by atoms with Gasteiger partial charge >= 0.3 is 0 Å². The molecule has 1 heterocycles. The zero-order chi connectivity index (χ0) is 11.4. The molecule has 1 saturated carbocycles. The van der Waals surface area contributed by atoms with E-state index in [-0.39, 0.29) is 12.1 Å². The molecule has 3 nitrogen and oxygen atoms in total. The smallest absolute Gasteiger partial charge is 0.0757 e. The van der Waals surface area contributed by atoms with Crippen molar-refractivity contribution in [1.29, 1.82) is 0 Å². The SMILES string of the molecule is CCOC(C(N)Cc1cccnc1)C1CC1. The van der Waals surface area contributed by atoms with Crippen LogP contribution in [0.5, 0.6) is 0 Å². The van der Waals surface area contributed by atoms with Crippen molar-refractivity contribution >= 4 is 0 Å². The van der Waals surface area contributed by atoms with Gasteiger partial charge in [0.25, 0.3) is 0 Å². The van der Waals surface area contributed by atoms with Crippen LogP contribution in [0.2, 0.25) is 0 Å². The number of pyridine rings is 1. The second kappa shape index (κ2) is 5.41. The topological polar surface area (TPSA) is 48.1 Å². The second-order valence-corrected chi connectivity index (χ2v) is 4.49. The van der Waals surface area contributed by atoms with Crippen LogP contribution in [-0.4, -0.2) is 23.7 Å². The number of ether oxygens (including phenoxy) is 1. The molecule has 3 heteroatoms. The van der Waals surface area contributed by atoms with Gasteiger partial charge in [-0.25, -0.2) is 0 Å². The van der Waals surface area contributed by atoms with Crippen LogP contribution >= 0.6 is 0 Å². The fourth-order valence-electron chi connectivity index (χ4n) is 2.13. The largest absolute Gasteiger partial charge is 0.377 e. The van der Waals surface area contributed by atoms with Crippen molar-refractivity contribution in [3.8, 4) is 0 Å². The Morgan fingerprint density at radius 2 is 2.38 bits per heavy atom. The Labute approximate surface area is 97.0 Å². The summed E-state index contributed by atoms with van der Waals surface area (Å²) in [5, 5.41) is 0. The van der Waals surface area contributed by atoms with E-state index >= 15 is 0 Å². The van der Waals surface area contributed by atoms with Crippen molar-refractivity contribution in [2.45, 2.75) is 38.3 Å². The van der Waals surface area contributed by atoms with Crippen LogP contribution in [0.25, 0.3) is 0 Å². The number of hydrogen-bond donors (Lipinski definition) is 1. The van der Waals surface area contributed by atoms with Gasteiger partial charge in [-0.3, -0.25) is 4.98 Å². The third-order valence-corrected chi connectivity index (χ3v) is 3.06. The summed E-state index contributed by atoms with van der Waals surface area (Å²) < 4.78 is 5.75. The highest BCUT2D eigenvalue weighted by molar-refractivity contribution is 5.11. The van der Waals surface area contributed by atoms with Gasteiger partial charge in [-0.15, -0.1) is 0 Å². The molecular weight excluding hydrogens is 200 g/mol. The van der Waals surface area contributed by atoms with Gasteiger partial charge in [-0.1, -0.05) is 6.07 Å². The van der Waals surface area contributed by atoms with Crippen LogP contribution in [-0.2, 0) is 11.2 Å². The lowest BCUT2D eigenvalue weighted by Gasteiger charge is -2.23. The maximum absolute atomic E-state index is 6.22. The van der Waals surface area contributed by atoms with Crippen molar-refractivity contribution in [1.82, 2.24) is 4.98 Å². The molecule has 1 fully saturated rings. The van der Waals surface area contributed by atoms with Gasteiger partial charge in [0.15, 0.2) is 0 Å². The molecule has 2 atom stereocenters. The van der Waals surface area contributed by atoms with Crippen molar-refractivity contribution < 1.29 is 4.74 Å². The minimum atomic E-state index is 0.0941. The molecule has 2 N–H and O–H groups in total. The molecule has 0 radical (unpaired) electrons. The van der Waals surface area contributed by atoms with E-state index in [1.165, 1.54) is 18.4 Å². The molecule has 0 saturated heterocycles. The van der Waals surface area contributed by atoms with Crippen molar-refractivity contribution in [2.24, 2.45) is 11.7 Å². The van der Waals surface area contributed by atoms with Crippen LogP contribution in [0.1, 0.15) is 25.3 Å². The summed E-state index contributed by atoms with van der Waals surface area (Å²) in [7, 11) is 0. The van der Waals surface area contributed by atoms with Crippen molar-refractivity contribution in [2.75, 3.05) is 6.61 Å². The van der Waals surface area contributed by atoms with Gasteiger partial charge in [0, 0.05) is 25.0 Å². The molecule has 1 aliphatic rings. The van der Waals surface area contributed by atoms with Gasteiger partial charge in [0.2, 0.25) is 0 Å². The van der Waals surface area contributed by atoms with E-state index in [1.54, 1.807) is 6.20 Å². The van der Waals surface area contributed by atoms with E-state index in [0.717, 1.165) is 13.0 Å². The maximum atomic E-state index is 6.22. The first-order valence-electron chi connectivity index (χ1n) is 6.07. The molecule has 1 aromatic heterocycles. The van der Waals surface area contributed by atoms with E-state index < -0.39 is 0 Å². The Balaban J connectivity index is 1.92. The Bertz CT molecular complexity index is 311. The first-order valence-corrected chi connectivity index (χ1v) is 6.07. The van der Waals surface area contributed by atoms with E-state index in [9.17, 15) is 0 Å². The second-order valence-electron chi connectivity index (χ2n) is 4.49. The lowest BCUT2D eigenvalue weighted by atomic mass is 10.00. The summed E-state index contributed by atoms with van der Waals surface area (Å²) in [6.45, 7) is 2.79. The van der Waals surface area contributed by atoms with Gasteiger partial charge in [-0.05, 0) is 43.7 Å². The van der Waals surface area contributed by atoms with Crippen LogP contribution in [0.15, 0.2) is 24.5 Å². The molecule has 0 spiro atoms. The maximum Gasteiger partial charge on any atom is 0.0757 e. The minimum absolute atomic E-state index is 0.0941. The number of rotatable bonds is 6. The molecule has 0 aromatic carbocycles. The van der Waals surface area contributed by atoms with E-state index in [2.05, 4.69) is 11.1 Å². The average Bonchev–Trinajstić information content (AvgIpc) is 3.11. The number of aromatic nitrogens is 1. The highest BCUT2D eigenvalue weighted by Gasteiger charge is 2.35. The van der Waals surface area contributed by atoms with Crippen LogP contribution in [0, 0.1) is 5.92 Å². The average molecular weight is 220 g/mol. The summed E-state index contributed by atoms with van der Waals surface area (Å²) >= 11 is 0. The zero-order valence-electron chi connectivity index (χ0n) is 9.80. The van der Waals surface area contributed by atoms with Gasteiger partial charge in [0.05, 0.1) is 6.10 Å². The van der Waals surface area contributed by atoms with Gasteiger partial charge in [-0.2, -0.15) is 0 Å². The van der Waals surface area contributed by atoms with E-state index in [4.69, 9.17) is 10.5 Å². The third kappa shape index (κ3) is 3.03. The van der Waals surface area contributed by atoms with Crippen molar-refractivity contribution in [3.63, 3.8) is 0 Å². The number of nitrogens with zero attached hydrogens (tertiary/aromatic N) is 1. The Kier molecular flexibility index (Phi) is 3.91. The Morgan fingerprint density at radius 1 is 1.56 bits per heavy atom. The fourth-order valence-corrected chi connectivity index (χ4v) is 2.13. The first-order chi connectivity index (χ1) is 7.81. The summed E-state index contributed by atoms with van der Waals surface area (Å²) in [5.41, 5.74) is 7.42. The van der Waals surface area contributed by atoms with Crippen LogP contribution in [0.4, 0.5) is 0 Å². The predicted molar refractivity (Wildman–Crippen MR) is 64.1 cm³/mol. The van der Waals surface area contributed by atoms with E-state index in [1.807, 2.05) is 19.2 Å². The molecule has 16 heavy (non-hydrogen) atoms. The Morgan fingerprint density at radius 3 is 2.94 bits per heavy atom. The summed E-state index contributed by atoms with van der Waals surface area (Å²) in [6.07, 6.45) is 7.29. The molecule has 88 valence electrons. The van der Waals surface area contributed by atoms with Crippen LogP contribution in [0.3, 0.4) is 0 Å². The lowest BCUT2D eigenvalue weighted by molar-refractivity contribution is 0.0288. The molecule has 0 amide bonds. The molecule has 0 aliphatic heterocycles. The molecular formula is C13H20N2O. The molecule has 1 aromatic rings. The number of hydrogen-bond acceptors (Lipinski definition) is 3. The number of nitrogens with two attached hydrogens (primary N) is 1. The highest BCUT2D eigenvalue weighted by atomic mass is 16.5. The summed E-state index contributed by atoms with van der Waals surface area (Å²) in [6, 6.07) is 4.12. The predicted octanol–water partition coefficient (Wildman–Crippen LogP) is 1.77. The molecule has 1 aliphatic carbocycles. The Hall–Kier alpha value is -0.930. The van der Waals surface area contributed by atoms with E-state index in [0.29, 0.717) is 5.92 Å². The molecule has 2 unspecified atom stereocenters. The molecule has 2 rings (SSSR count). The van der Waals surface area contributed by atoms with Crippen LogP contribution < -0.4 is 5.73 Å². The zero-order valence-corrected chi connectivity index (χ0v) is 9.80. The summed E-state index contributed by atoms with van der Waals surface area (Å²) in [5.74, 6) is 0.687. The summed E-state index contributed by atoms with van der Waals surface area (Å²) in [4.78, 5) is 4.11. The minimum Gasteiger partial charge on any atom is -0.377 e. The first kappa shape index (κ1) is 11.6. The lowest BCUT2D eigenvalue weighted by Crippen LogP contribution is -2.40. The highest BCUT2D eigenvalue weighted by Crippen LogP contribution is 2.35. The van der Waals surface area contributed by atoms with Gasteiger partial charge < -0.3 is 10.5 Å².